The average molecular weight is 1640 g/mol. The molecule has 3 aromatic rings. The third-order valence-electron chi connectivity index (χ3n) is 24.4. The standard InChI is InChI=1S/C30H45N5O5.2C29H43N5O5/c1-4-19(3)27(37)34-25(21-10-7-6-8-11-21)30(40)35-17-9-12-24(35)29(39)33-23(26(31)36)18-32-28(38)22-15-13-20(5-2)14-16-22;2*1-4-19(3)26(36)33-24(20-9-6-5-7-10-20)29(39)34-16-8-11-23(34)28(38)32-22(25(30)35)17-31-27(37)21-14-12-18(2)13-15-21/h13-16,19,21,23-25H,4-12,17-18H2,1-3H3,(H2,31,36)(H,32,38)(H,33,39)(H,34,37);2*12-15,19-20,22-24H,4-11,16-17H2,1-3H3,(H2,30,35)(H,31,37)(H,32,38)(H,33,36)/t19-,23+,24+,25+;2*19-,22+,23+,24+/m111/s1. The highest BCUT2D eigenvalue weighted by molar-refractivity contribution is 6.00. The largest absolute Gasteiger partial charge is 0.368 e. The van der Waals surface area contributed by atoms with E-state index in [9.17, 15) is 71.9 Å². The number of nitrogens with two attached hydrogens (primary N) is 3. The number of carbonyl (C=O) groups excluding carboxylic acids is 15. The van der Waals surface area contributed by atoms with Gasteiger partial charge >= 0.3 is 0 Å². The minimum absolute atomic E-state index is 0.0264. The molecule has 3 saturated carbocycles. The van der Waals surface area contributed by atoms with Gasteiger partial charge in [0.25, 0.3) is 17.7 Å². The van der Waals surface area contributed by atoms with Crippen LogP contribution >= 0.6 is 0 Å². The van der Waals surface area contributed by atoms with Gasteiger partial charge in [0.2, 0.25) is 70.9 Å². The number of aryl methyl sites for hydroxylation is 3. The monoisotopic (exact) mass is 1640 g/mol. The first-order valence-corrected chi connectivity index (χ1v) is 43.1. The number of amides is 15. The molecule has 0 radical (unpaired) electrons. The van der Waals surface area contributed by atoms with E-state index in [2.05, 4.69) is 47.9 Å². The molecule has 6 fully saturated rings. The maximum absolute atomic E-state index is 13.8. The maximum Gasteiger partial charge on any atom is 0.251 e. The first-order chi connectivity index (χ1) is 56.4. The normalized spacial score (nSPS) is 19.9. The molecular weight excluding hydrogens is 1510 g/mol. The van der Waals surface area contributed by atoms with Crippen LogP contribution in [0.3, 0.4) is 0 Å². The molecule has 3 aliphatic carbocycles. The van der Waals surface area contributed by atoms with Gasteiger partial charge in [0.15, 0.2) is 0 Å². The van der Waals surface area contributed by atoms with Crippen molar-refractivity contribution < 1.29 is 71.9 Å². The van der Waals surface area contributed by atoms with Gasteiger partial charge < -0.3 is 79.8 Å². The number of benzene rings is 3. The molecule has 0 spiro atoms. The highest BCUT2D eigenvalue weighted by atomic mass is 16.2. The topological polar surface area (TPSA) is 452 Å². The zero-order valence-corrected chi connectivity index (χ0v) is 70.7. The fraction of sp³-hybridized carbons (Fsp3) is 0.625. The second kappa shape index (κ2) is 47.3. The smallest absolute Gasteiger partial charge is 0.251 e. The second-order valence-electron chi connectivity index (χ2n) is 33.0. The lowest BCUT2D eigenvalue weighted by molar-refractivity contribution is -0.144. The molecule has 30 heteroatoms. The molecule has 3 aromatic carbocycles. The molecule has 118 heavy (non-hydrogen) atoms. The van der Waals surface area contributed by atoms with Crippen LogP contribution in [0.2, 0.25) is 0 Å². The maximum atomic E-state index is 13.8. The SMILES string of the molecule is CC[C@@H](C)C(=O)N[C@H](C(=O)N1CCC[C@H]1C(=O)N[C@@H](CNC(=O)c1ccc(C)cc1)C(N)=O)C1CCCCC1.CC[C@@H](C)C(=O)N[C@H](C(=O)N1CCC[C@H]1C(=O)N[C@@H](CNC(=O)c1ccc(C)cc1)C(N)=O)C1CCCCC1.CCc1ccc(C(=O)NC[C@H](NC(=O)[C@@H]2CCCN2C(=O)[C@@H](NC(=O)[C@H](C)CC)C2CCCCC2)C(N)=O)cc1. The van der Waals surface area contributed by atoms with Gasteiger partial charge in [-0.3, -0.25) is 71.9 Å². The van der Waals surface area contributed by atoms with Crippen molar-refractivity contribution in [1.82, 2.24) is 62.6 Å². The lowest BCUT2D eigenvalue weighted by Crippen LogP contribution is -2.59. The van der Waals surface area contributed by atoms with Crippen LogP contribution in [-0.4, -0.2) is 197 Å². The van der Waals surface area contributed by atoms with Crippen molar-refractivity contribution in [3.05, 3.63) is 106 Å². The second-order valence-corrected chi connectivity index (χ2v) is 33.0. The van der Waals surface area contributed by atoms with E-state index in [1.807, 2.05) is 74.4 Å². The molecular formula is C88H131N15O15. The summed E-state index contributed by atoms with van der Waals surface area (Å²) in [5, 5.41) is 24.9. The predicted octanol–water partition coefficient (Wildman–Crippen LogP) is 5.65. The summed E-state index contributed by atoms with van der Waals surface area (Å²) in [6.45, 7) is 17.8. The Bertz CT molecular complexity index is 3750. The van der Waals surface area contributed by atoms with Crippen LogP contribution in [0.25, 0.3) is 0 Å². The van der Waals surface area contributed by atoms with Crippen molar-refractivity contribution in [2.24, 2.45) is 52.7 Å². The highest BCUT2D eigenvalue weighted by Crippen LogP contribution is 2.34. The summed E-state index contributed by atoms with van der Waals surface area (Å²) in [7, 11) is 0. The zero-order valence-electron chi connectivity index (χ0n) is 70.7. The molecule has 9 rings (SSSR count). The number of primary amides is 3. The van der Waals surface area contributed by atoms with Crippen LogP contribution in [0.15, 0.2) is 72.8 Å². The molecule has 15 amide bonds. The van der Waals surface area contributed by atoms with Crippen LogP contribution in [-0.2, 0) is 64.0 Å². The first kappa shape index (κ1) is 94.9. The molecule has 3 aliphatic heterocycles. The number of rotatable bonds is 34. The summed E-state index contributed by atoms with van der Waals surface area (Å²) >= 11 is 0. The quantitative estimate of drug-likeness (QED) is 0.0344. The number of carbonyl (C=O) groups is 15. The van der Waals surface area contributed by atoms with Gasteiger partial charge in [0.1, 0.15) is 54.4 Å². The molecule has 0 aromatic heterocycles. The van der Waals surface area contributed by atoms with Crippen molar-refractivity contribution >= 4 is 88.6 Å². The van der Waals surface area contributed by atoms with Crippen molar-refractivity contribution in [1.29, 1.82) is 0 Å². The molecule has 6 aliphatic rings. The Hall–Kier alpha value is -10.3. The van der Waals surface area contributed by atoms with Gasteiger partial charge in [0.05, 0.1) is 0 Å². The lowest BCUT2D eigenvalue weighted by atomic mass is 9.83. The summed E-state index contributed by atoms with van der Waals surface area (Å²) in [4.78, 5) is 198. The van der Waals surface area contributed by atoms with Gasteiger partial charge in [-0.15, -0.1) is 0 Å². The van der Waals surface area contributed by atoms with Gasteiger partial charge in [-0.05, 0) is 176 Å². The third-order valence-corrected chi connectivity index (χ3v) is 24.4. The van der Waals surface area contributed by atoms with E-state index >= 15 is 0 Å². The zero-order chi connectivity index (χ0) is 86.3. The summed E-state index contributed by atoms with van der Waals surface area (Å²) in [6.07, 6.45) is 20.6. The van der Waals surface area contributed by atoms with Gasteiger partial charge in [-0.1, -0.05) is 154 Å². The number of hydrogen-bond acceptors (Lipinski definition) is 15. The number of nitrogens with one attached hydrogen (secondary N) is 9. The van der Waals surface area contributed by atoms with Crippen LogP contribution in [0, 0.1) is 49.4 Å². The van der Waals surface area contributed by atoms with Crippen LogP contribution < -0.4 is 65.1 Å². The fourth-order valence-corrected chi connectivity index (χ4v) is 16.1. The van der Waals surface area contributed by atoms with Gasteiger partial charge in [-0.2, -0.15) is 0 Å². The Balaban J connectivity index is 0.000000244. The summed E-state index contributed by atoms with van der Waals surface area (Å²) in [6, 6.07) is 13.3. The van der Waals surface area contributed by atoms with Crippen molar-refractivity contribution in [2.45, 2.75) is 277 Å². The minimum atomic E-state index is -1.14. The van der Waals surface area contributed by atoms with E-state index < -0.39 is 89.8 Å². The van der Waals surface area contributed by atoms with E-state index in [0.29, 0.717) is 94.1 Å². The molecule has 30 nitrogen and oxygen atoms in total. The average Bonchev–Trinajstić information content (AvgIpc) is 1.62. The van der Waals surface area contributed by atoms with Gasteiger partial charge in [-0.25, -0.2) is 0 Å². The Morgan fingerprint density at radius 2 is 0.585 bits per heavy atom. The third kappa shape index (κ3) is 27.7. The Labute approximate surface area is 695 Å². The Morgan fingerprint density at radius 1 is 0.339 bits per heavy atom. The highest BCUT2D eigenvalue weighted by Gasteiger charge is 2.46. The van der Waals surface area contributed by atoms with E-state index in [1.165, 1.54) is 14.7 Å². The van der Waals surface area contributed by atoms with Crippen molar-refractivity contribution in [3.63, 3.8) is 0 Å². The van der Waals surface area contributed by atoms with Crippen molar-refractivity contribution in [2.75, 3.05) is 39.3 Å². The Morgan fingerprint density at radius 3 is 0.814 bits per heavy atom. The molecule has 648 valence electrons. The molecule has 3 heterocycles. The minimum Gasteiger partial charge on any atom is -0.368 e. The van der Waals surface area contributed by atoms with E-state index in [0.717, 1.165) is 119 Å². The number of likely N-dealkylation sites (tertiary alicyclic amines) is 3. The molecule has 3 saturated heterocycles. The van der Waals surface area contributed by atoms with E-state index in [1.54, 1.807) is 60.7 Å². The van der Waals surface area contributed by atoms with Gasteiger partial charge in [0, 0.05) is 73.7 Å². The fourth-order valence-electron chi connectivity index (χ4n) is 16.1. The van der Waals surface area contributed by atoms with Crippen molar-refractivity contribution in [3.8, 4) is 0 Å². The predicted molar refractivity (Wildman–Crippen MR) is 447 cm³/mol. The summed E-state index contributed by atoms with van der Waals surface area (Å²) in [5.41, 5.74) is 21.0. The van der Waals surface area contributed by atoms with Crippen LogP contribution in [0.1, 0.15) is 250 Å². The van der Waals surface area contributed by atoms with E-state index in [4.69, 9.17) is 17.2 Å². The van der Waals surface area contributed by atoms with Crippen LogP contribution in [0.5, 0.6) is 0 Å². The number of hydrogen-bond donors (Lipinski definition) is 12. The van der Waals surface area contributed by atoms with E-state index in [-0.39, 0.29) is 108 Å². The number of nitrogens with zero attached hydrogens (tertiary/aromatic N) is 3. The molecule has 15 N–H and O–H groups in total. The molecule has 0 bridgehead atoms. The van der Waals surface area contributed by atoms with Crippen LogP contribution in [0.4, 0.5) is 0 Å². The lowest BCUT2D eigenvalue weighted by Gasteiger charge is -2.35. The summed E-state index contributed by atoms with van der Waals surface area (Å²) in [5.74, 6) is -6.78. The molecule has 0 unspecified atom stereocenters. The first-order valence-electron chi connectivity index (χ1n) is 43.1. The Kier molecular flexibility index (Phi) is 38.1. The molecule has 12 atom stereocenters. The summed E-state index contributed by atoms with van der Waals surface area (Å²) < 4.78 is 0.